The van der Waals surface area contributed by atoms with Crippen LogP contribution in [0.1, 0.15) is 17.7 Å². The van der Waals surface area contributed by atoms with Crippen molar-refractivity contribution in [3.8, 4) is 0 Å². The molecule has 1 saturated heterocycles. The van der Waals surface area contributed by atoms with Crippen LogP contribution in [0.4, 0.5) is 0 Å². The van der Waals surface area contributed by atoms with Gasteiger partial charge in [-0.15, -0.1) is 0 Å². The summed E-state index contributed by atoms with van der Waals surface area (Å²) < 4.78 is 25.7. The van der Waals surface area contributed by atoms with Crippen molar-refractivity contribution in [3.05, 3.63) is 35.9 Å². The van der Waals surface area contributed by atoms with Crippen LogP contribution in [0, 0.1) is 0 Å². The van der Waals surface area contributed by atoms with Crippen molar-refractivity contribution >= 4 is 21.8 Å². The SMILES string of the molecule is CC(=O)NC1C(=O)NS(=O)(=O)C1c1ccccc1. The number of hydrogen-bond acceptors (Lipinski definition) is 4. The Hall–Kier alpha value is -1.89. The van der Waals surface area contributed by atoms with Gasteiger partial charge in [-0.3, -0.25) is 14.3 Å². The van der Waals surface area contributed by atoms with Crippen molar-refractivity contribution in [1.29, 1.82) is 0 Å². The van der Waals surface area contributed by atoms with Gasteiger partial charge in [0.25, 0.3) is 5.91 Å². The maximum atomic E-state index is 11.9. The van der Waals surface area contributed by atoms with Crippen molar-refractivity contribution in [2.24, 2.45) is 0 Å². The van der Waals surface area contributed by atoms with Gasteiger partial charge in [0.05, 0.1) is 0 Å². The average molecular weight is 268 g/mol. The molecule has 1 aromatic carbocycles. The van der Waals surface area contributed by atoms with Gasteiger partial charge < -0.3 is 5.32 Å². The standard InChI is InChI=1S/C11H12N2O4S/c1-7(14)12-9-10(8-5-3-2-4-6-8)18(16,17)13-11(9)15/h2-6,9-10H,1H3,(H,12,14)(H,13,15). The van der Waals surface area contributed by atoms with Gasteiger partial charge in [0, 0.05) is 6.92 Å². The molecule has 1 heterocycles. The molecule has 0 aliphatic carbocycles. The van der Waals surface area contributed by atoms with E-state index >= 15 is 0 Å². The maximum absolute atomic E-state index is 11.9. The summed E-state index contributed by atoms with van der Waals surface area (Å²) in [5, 5.41) is 1.28. The Balaban J connectivity index is 2.45. The molecule has 1 aliphatic heterocycles. The highest BCUT2D eigenvalue weighted by atomic mass is 32.2. The summed E-state index contributed by atoms with van der Waals surface area (Å²) in [6, 6.07) is 7.23. The summed E-state index contributed by atoms with van der Waals surface area (Å²) in [6.07, 6.45) is 0. The van der Waals surface area contributed by atoms with Gasteiger partial charge in [-0.25, -0.2) is 8.42 Å². The quantitative estimate of drug-likeness (QED) is 0.769. The van der Waals surface area contributed by atoms with Crippen molar-refractivity contribution in [1.82, 2.24) is 10.0 Å². The van der Waals surface area contributed by atoms with Crippen LogP contribution in [0.3, 0.4) is 0 Å². The molecule has 1 aromatic rings. The Labute approximate surface area is 104 Å². The third kappa shape index (κ3) is 2.21. The predicted octanol–water partition coefficient (Wildman–Crippen LogP) is -0.308. The summed E-state index contributed by atoms with van der Waals surface area (Å²) in [5.41, 5.74) is 0.467. The van der Waals surface area contributed by atoms with Crippen molar-refractivity contribution in [3.63, 3.8) is 0 Å². The van der Waals surface area contributed by atoms with Crippen molar-refractivity contribution < 1.29 is 18.0 Å². The highest BCUT2D eigenvalue weighted by molar-refractivity contribution is 7.90. The van der Waals surface area contributed by atoms with E-state index in [2.05, 4.69) is 5.32 Å². The zero-order valence-electron chi connectivity index (χ0n) is 9.58. The monoisotopic (exact) mass is 268 g/mol. The fourth-order valence-electron chi connectivity index (χ4n) is 1.96. The van der Waals surface area contributed by atoms with Gasteiger partial charge in [0.2, 0.25) is 15.9 Å². The van der Waals surface area contributed by atoms with E-state index in [1.165, 1.54) is 6.92 Å². The summed E-state index contributed by atoms with van der Waals surface area (Å²) in [5.74, 6) is -1.16. The van der Waals surface area contributed by atoms with Crippen LogP contribution in [0.5, 0.6) is 0 Å². The molecule has 2 N–H and O–H groups in total. The van der Waals surface area contributed by atoms with Gasteiger partial charge in [-0.2, -0.15) is 0 Å². The van der Waals surface area contributed by atoms with Crippen LogP contribution in [0.15, 0.2) is 30.3 Å². The minimum Gasteiger partial charge on any atom is -0.343 e. The zero-order chi connectivity index (χ0) is 13.3. The number of rotatable bonds is 2. The second-order valence-corrected chi connectivity index (χ2v) is 5.82. The Morgan fingerprint density at radius 2 is 1.89 bits per heavy atom. The highest BCUT2D eigenvalue weighted by Crippen LogP contribution is 2.30. The van der Waals surface area contributed by atoms with Crippen LogP contribution >= 0.6 is 0 Å². The molecule has 2 unspecified atom stereocenters. The summed E-state index contributed by atoms with van der Waals surface area (Å²) in [6.45, 7) is 1.24. The molecule has 2 rings (SSSR count). The van der Waals surface area contributed by atoms with Crippen LogP contribution in [-0.4, -0.2) is 26.3 Å². The second kappa shape index (κ2) is 4.41. The minimum absolute atomic E-state index is 0.451. The summed E-state index contributed by atoms with van der Waals surface area (Å²) in [7, 11) is -3.80. The Morgan fingerprint density at radius 1 is 1.28 bits per heavy atom. The van der Waals surface area contributed by atoms with E-state index < -0.39 is 33.1 Å². The molecule has 96 valence electrons. The minimum atomic E-state index is -3.80. The van der Waals surface area contributed by atoms with E-state index in [0.29, 0.717) is 5.56 Å². The average Bonchev–Trinajstić information content (AvgIpc) is 2.49. The normalized spacial score (nSPS) is 25.5. The second-order valence-electron chi connectivity index (χ2n) is 4.02. The topological polar surface area (TPSA) is 92.3 Å². The molecule has 2 atom stereocenters. The largest absolute Gasteiger partial charge is 0.343 e. The Kier molecular flexibility index (Phi) is 3.08. The van der Waals surface area contributed by atoms with Crippen LogP contribution in [0.2, 0.25) is 0 Å². The molecular formula is C11H12N2O4S. The third-order valence-electron chi connectivity index (χ3n) is 2.65. The lowest BCUT2D eigenvalue weighted by atomic mass is 10.1. The van der Waals surface area contributed by atoms with Gasteiger partial charge >= 0.3 is 0 Å². The summed E-state index contributed by atoms with van der Waals surface area (Å²) >= 11 is 0. The zero-order valence-corrected chi connectivity index (χ0v) is 10.4. The molecule has 0 radical (unpaired) electrons. The molecule has 6 nitrogen and oxygen atoms in total. The molecule has 7 heteroatoms. The number of sulfonamides is 1. The van der Waals surface area contributed by atoms with E-state index in [4.69, 9.17) is 0 Å². The van der Waals surface area contributed by atoms with Crippen LogP contribution in [0.25, 0.3) is 0 Å². The molecule has 2 amide bonds. The fraction of sp³-hybridized carbons (Fsp3) is 0.273. The lowest BCUT2D eigenvalue weighted by Crippen LogP contribution is -2.41. The molecule has 1 aliphatic rings. The first-order valence-electron chi connectivity index (χ1n) is 5.29. The maximum Gasteiger partial charge on any atom is 0.257 e. The number of hydrogen-bond donors (Lipinski definition) is 2. The Morgan fingerprint density at radius 3 is 2.44 bits per heavy atom. The smallest absolute Gasteiger partial charge is 0.257 e. The van der Waals surface area contributed by atoms with E-state index in [1.807, 2.05) is 4.72 Å². The number of amides is 2. The van der Waals surface area contributed by atoms with Crippen molar-refractivity contribution in [2.45, 2.75) is 18.2 Å². The van der Waals surface area contributed by atoms with E-state index in [9.17, 15) is 18.0 Å². The Bertz CT molecular complexity index is 582. The van der Waals surface area contributed by atoms with E-state index in [-0.39, 0.29) is 0 Å². The van der Waals surface area contributed by atoms with Crippen LogP contribution < -0.4 is 10.0 Å². The molecule has 0 bridgehead atoms. The first-order valence-corrected chi connectivity index (χ1v) is 6.84. The third-order valence-corrected chi connectivity index (χ3v) is 4.35. The molecule has 0 saturated carbocycles. The fourth-order valence-corrected chi connectivity index (χ4v) is 3.56. The van der Waals surface area contributed by atoms with E-state index in [0.717, 1.165) is 0 Å². The van der Waals surface area contributed by atoms with Crippen LogP contribution in [-0.2, 0) is 19.6 Å². The molecule has 1 fully saturated rings. The van der Waals surface area contributed by atoms with Gasteiger partial charge in [-0.05, 0) is 5.56 Å². The summed E-state index contributed by atoms with van der Waals surface area (Å²) in [4.78, 5) is 22.7. The van der Waals surface area contributed by atoms with Gasteiger partial charge in [-0.1, -0.05) is 30.3 Å². The molecule has 0 spiro atoms. The van der Waals surface area contributed by atoms with Crippen molar-refractivity contribution in [2.75, 3.05) is 0 Å². The van der Waals surface area contributed by atoms with Gasteiger partial charge in [0.15, 0.2) is 0 Å². The molecular weight excluding hydrogens is 256 g/mol. The number of benzene rings is 1. The number of carbonyl (C=O) groups excluding carboxylic acids is 2. The van der Waals surface area contributed by atoms with Gasteiger partial charge in [0.1, 0.15) is 11.3 Å². The highest BCUT2D eigenvalue weighted by Gasteiger charge is 2.47. The number of nitrogens with one attached hydrogen (secondary N) is 2. The lowest BCUT2D eigenvalue weighted by molar-refractivity contribution is -0.126. The molecule has 0 aromatic heterocycles. The first-order chi connectivity index (χ1) is 8.42. The van der Waals surface area contributed by atoms with E-state index in [1.54, 1.807) is 30.3 Å². The lowest BCUT2D eigenvalue weighted by Gasteiger charge is -2.16. The number of carbonyl (C=O) groups is 2. The molecule has 18 heavy (non-hydrogen) atoms. The predicted molar refractivity (Wildman–Crippen MR) is 63.9 cm³/mol. The first kappa shape index (κ1) is 12.6.